The molecule has 0 unspecified atom stereocenters. The molecule has 2 heteroatoms. The van der Waals surface area contributed by atoms with Crippen molar-refractivity contribution < 1.29 is 4.74 Å². The smallest absolute Gasteiger partial charge is 0.0909 e. The highest BCUT2D eigenvalue weighted by molar-refractivity contribution is 6.15. The average molecular weight is 363 g/mol. The topological polar surface area (TPSA) is 33.1 Å². The Labute approximate surface area is 165 Å². The van der Waals surface area contributed by atoms with Crippen LogP contribution in [-0.4, -0.2) is 12.8 Å². The highest BCUT2D eigenvalue weighted by Gasteiger charge is 2.16. The minimum absolute atomic E-state index is 0.499. The highest BCUT2D eigenvalue weighted by atomic mass is 16.5. The molecule has 0 radical (unpaired) electrons. The third-order valence-corrected chi connectivity index (χ3v) is 4.83. The SMILES string of the molecule is CO/C=C(\c1ccccc1)c1cc2ccccc2cc1C(=N)c1ccccc1. The van der Waals surface area contributed by atoms with Gasteiger partial charge in [-0.05, 0) is 34.0 Å². The molecule has 0 aliphatic heterocycles. The number of benzene rings is 4. The van der Waals surface area contributed by atoms with Crippen molar-refractivity contribution in [3.63, 3.8) is 0 Å². The van der Waals surface area contributed by atoms with Gasteiger partial charge in [-0.3, -0.25) is 5.41 Å². The van der Waals surface area contributed by atoms with Crippen molar-refractivity contribution in [2.45, 2.75) is 0 Å². The Kier molecular flexibility index (Phi) is 5.03. The van der Waals surface area contributed by atoms with Crippen LogP contribution in [0.3, 0.4) is 0 Å². The molecule has 0 bridgehead atoms. The van der Waals surface area contributed by atoms with Gasteiger partial charge in [0.1, 0.15) is 0 Å². The first kappa shape index (κ1) is 17.7. The third kappa shape index (κ3) is 3.45. The molecule has 0 atom stereocenters. The van der Waals surface area contributed by atoms with Crippen LogP contribution in [0.25, 0.3) is 16.3 Å². The minimum atomic E-state index is 0.499. The summed E-state index contributed by atoms with van der Waals surface area (Å²) in [6.07, 6.45) is 1.77. The van der Waals surface area contributed by atoms with E-state index in [2.05, 4.69) is 36.4 Å². The monoisotopic (exact) mass is 363 g/mol. The first-order chi connectivity index (χ1) is 13.8. The zero-order chi connectivity index (χ0) is 19.3. The van der Waals surface area contributed by atoms with E-state index in [1.165, 1.54) is 0 Å². The zero-order valence-electron chi connectivity index (χ0n) is 15.7. The van der Waals surface area contributed by atoms with Crippen molar-refractivity contribution in [2.75, 3.05) is 7.11 Å². The number of hydrogen-bond acceptors (Lipinski definition) is 2. The lowest BCUT2D eigenvalue weighted by atomic mass is 9.88. The first-order valence-electron chi connectivity index (χ1n) is 9.24. The van der Waals surface area contributed by atoms with Crippen molar-refractivity contribution >= 4 is 22.1 Å². The molecule has 0 aliphatic rings. The van der Waals surface area contributed by atoms with Crippen LogP contribution in [0.15, 0.2) is 103 Å². The summed E-state index contributed by atoms with van der Waals surface area (Å²) in [5.41, 5.74) is 5.28. The van der Waals surface area contributed by atoms with Gasteiger partial charge < -0.3 is 4.74 Å². The van der Waals surface area contributed by atoms with Crippen molar-refractivity contribution in [2.24, 2.45) is 0 Å². The van der Waals surface area contributed by atoms with Crippen LogP contribution < -0.4 is 0 Å². The lowest BCUT2D eigenvalue weighted by molar-refractivity contribution is 0.340. The molecule has 0 fully saturated rings. The van der Waals surface area contributed by atoms with Crippen LogP contribution in [0, 0.1) is 5.41 Å². The molecule has 0 aliphatic carbocycles. The van der Waals surface area contributed by atoms with Gasteiger partial charge in [-0.2, -0.15) is 0 Å². The molecular weight excluding hydrogens is 342 g/mol. The van der Waals surface area contributed by atoms with Gasteiger partial charge in [0.15, 0.2) is 0 Å². The van der Waals surface area contributed by atoms with Gasteiger partial charge in [-0.15, -0.1) is 0 Å². The van der Waals surface area contributed by atoms with Gasteiger partial charge in [-0.1, -0.05) is 84.9 Å². The molecule has 0 heterocycles. The minimum Gasteiger partial charge on any atom is -0.504 e. The second-order valence-electron chi connectivity index (χ2n) is 6.62. The van der Waals surface area contributed by atoms with Crippen LogP contribution >= 0.6 is 0 Å². The standard InChI is InChI=1S/C26H21NO/c1-28-18-25(19-10-4-2-5-11-19)23-16-21-14-8-9-15-22(21)17-24(23)26(27)20-12-6-3-7-13-20/h2-18,27H,1H3/b25-18+,27-26?. The fourth-order valence-electron chi connectivity index (χ4n) is 3.45. The largest absolute Gasteiger partial charge is 0.504 e. The normalized spacial score (nSPS) is 11.4. The Morgan fingerprint density at radius 1 is 0.679 bits per heavy atom. The van der Waals surface area contributed by atoms with Crippen molar-refractivity contribution in [3.05, 3.63) is 126 Å². The fraction of sp³-hybridized carbons (Fsp3) is 0.0385. The Hall–Kier alpha value is -3.65. The number of rotatable bonds is 5. The van der Waals surface area contributed by atoms with E-state index in [1.807, 2.05) is 60.7 Å². The maximum absolute atomic E-state index is 8.91. The molecule has 1 N–H and O–H groups in total. The van der Waals surface area contributed by atoms with Gasteiger partial charge in [0, 0.05) is 16.7 Å². The molecule has 4 rings (SSSR count). The van der Waals surface area contributed by atoms with E-state index in [-0.39, 0.29) is 0 Å². The highest BCUT2D eigenvalue weighted by Crippen LogP contribution is 2.31. The van der Waals surface area contributed by atoms with Gasteiger partial charge >= 0.3 is 0 Å². The number of ether oxygens (including phenoxy) is 1. The Bertz CT molecular complexity index is 1140. The summed E-state index contributed by atoms with van der Waals surface area (Å²) in [7, 11) is 1.66. The predicted octanol–water partition coefficient (Wildman–Crippen LogP) is 6.29. The summed E-state index contributed by atoms with van der Waals surface area (Å²) in [4.78, 5) is 0. The number of fused-ring (bicyclic) bond motifs is 1. The molecular formula is C26H21NO. The van der Waals surface area contributed by atoms with Crippen LogP contribution in [-0.2, 0) is 4.74 Å². The second kappa shape index (κ2) is 7.93. The van der Waals surface area contributed by atoms with Crippen LogP contribution in [0.4, 0.5) is 0 Å². The quantitative estimate of drug-likeness (QED) is 0.328. The molecule has 2 nitrogen and oxygen atoms in total. The molecule has 0 spiro atoms. The fourth-order valence-corrected chi connectivity index (χ4v) is 3.45. The first-order valence-corrected chi connectivity index (χ1v) is 9.24. The van der Waals surface area contributed by atoms with Crippen LogP contribution in [0.1, 0.15) is 22.3 Å². The van der Waals surface area contributed by atoms with E-state index in [4.69, 9.17) is 10.1 Å². The summed E-state index contributed by atoms with van der Waals surface area (Å²) in [6, 6.07) is 32.5. The third-order valence-electron chi connectivity index (χ3n) is 4.83. The Morgan fingerprint density at radius 2 is 1.18 bits per heavy atom. The molecule has 0 saturated carbocycles. The van der Waals surface area contributed by atoms with Crippen molar-refractivity contribution in [1.29, 1.82) is 5.41 Å². The van der Waals surface area contributed by atoms with E-state index in [0.29, 0.717) is 5.71 Å². The summed E-state index contributed by atoms with van der Waals surface area (Å²) in [6.45, 7) is 0. The van der Waals surface area contributed by atoms with E-state index in [1.54, 1.807) is 13.4 Å². The number of methoxy groups -OCH3 is 1. The van der Waals surface area contributed by atoms with Gasteiger partial charge in [0.25, 0.3) is 0 Å². The van der Waals surface area contributed by atoms with Crippen molar-refractivity contribution in [3.8, 4) is 0 Å². The van der Waals surface area contributed by atoms with E-state index in [0.717, 1.165) is 38.6 Å². The van der Waals surface area contributed by atoms with E-state index in [9.17, 15) is 0 Å². The summed E-state index contributed by atoms with van der Waals surface area (Å²) in [5, 5.41) is 11.2. The molecule has 136 valence electrons. The van der Waals surface area contributed by atoms with E-state index >= 15 is 0 Å². The lowest BCUT2D eigenvalue weighted by Crippen LogP contribution is -2.06. The Balaban J connectivity index is 1.98. The van der Waals surface area contributed by atoms with Gasteiger partial charge in [0.05, 0.1) is 19.1 Å². The molecule has 0 aromatic heterocycles. The maximum Gasteiger partial charge on any atom is 0.0909 e. The zero-order valence-corrected chi connectivity index (χ0v) is 15.7. The molecule has 0 amide bonds. The van der Waals surface area contributed by atoms with Crippen LogP contribution in [0.2, 0.25) is 0 Å². The number of hydrogen-bond donors (Lipinski definition) is 1. The maximum atomic E-state index is 8.91. The van der Waals surface area contributed by atoms with Gasteiger partial charge in [0.2, 0.25) is 0 Å². The van der Waals surface area contributed by atoms with Gasteiger partial charge in [-0.25, -0.2) is 0 Å². The van der Waals surface area contributed by atoms with E-state index < -0.39 is 0 Å². The summed E-state index contributed by atoms with van der Waals surface area (Å²) < 4.78 is 5.43. The molecule has 0 saturated heterocycles. The van der Waals surface area contributed by atoms with Crippen molar-refractivity contribution in [1.82, 2.24) is 0 Å². The predicted molar refractivity (Wildman–Crippen MR) is 117 cm³/mol. The second-order valence-corrected chi connectivity index (χ2v) is 6.62. The number of nitrogens with one attached hydrogen (secondary N) is 1. The summed E-state index contributed by atoms with van der Waals surface area (Å²) in [5.74, 6) is 0. The molecule has 4 aromatic rings. The molecule has 4 aromatic carbocycles. The average Bonchev–Trinajstić information content (AvgIpc) is 2.77. The lowest BCUT2D eigenvalue weighted by Gasteiger charge is -2.16. The summed E-state index contributed by atoms with van der Waals surface area (Å²) >= 11 is 0. The Morgan fingerprint density at radius 3 is 1.75 bits per heavy atom. The molecule has 28 heavy (non-hydrogen) atoms. The van der Waals surface area contributed by atoms with Crippen LogP contribution in [0.5, 0.6) is 0 Å².